The molecule has 1 aliphatic rings. The molecular formula is C24H22ClN3O5S. The molecule has 1 heterocycles. The maximum absolute atomic E-state index is 13.3. The zero-order chi connectivity index (χ0) is 24.2. The predicted octanol–water partition coefficient (Wildman–Crippen LogP) is 6.09. The Morgan fingerprint density at radius 3 is 2.53 bits per heavy atom. The fraction of sp³-hybridized carbons (Fsp3) is 0.250. The highest BCUT2D eigenvalue weighted by Crippen LogP contribution is 2.39. The first kappa shape index (κ1) is 23.7. The van der Waals surface area contributed by atoms with Gasteiger partial charge in [0, 0.05) is 22.7 Å². The quantitative estimate of drug-likeness (QED) is 0.302. The first-order valence-corrected chi connectivity index (χ1v) is 12.0. The van der Waals surface area contributed by atoms with Gasteiger partial charge >= 0.3 is 0 Å². The Balaban J connectivity index is 1.63. The molecule has 0 radical (unpaired) electrons. The average molecular weight is 500 g/mol. The number of nitrogens with one attached hydrogen (secondary N) is 2. The molecule has 34 heavy (non-hydrogen) atoms. The topological polar surface area (TPSA) is 111 Å². The molecule has 1 aromatic heterocycles. The summed E-state index contributed by atoms with van der Waals surface area (Å²) in [5.41, 5.74) is 1.68. The van der Waals surface area contributed by atoms with Crippen LogP contribution in [0.1, 0.15) is 50.9 Å². The van der Waals surface area contributed by atoms with Crippen LogP contribution >= 0.6 is 22.9 Å². The molecule has 10 heteroatoms. The van der Waals surface area contributed by atoms with Crippen LogP contribution in [-0.4, -0.2) is 23.3 Å². The van der Waals surface area contributed by atoms with Crippen LogP contribution in [0.15, 0.2) is 42.5 Å². The lowest BCUT2D eigenvalue weighted by molar-refractivity contribution is -0.384. The van der Waals surface area contributed by atoms with E-state index in [9.17, 15) is 19.7 Å². The average Bonchev–Trinajstić information content (AvgIpc) is 3.18. The van der Waals surface area contributed by atoms with Crippen molar-refractivity contribution < 1.29 is 19.2 Å². The summed E-state index contributed by atoms with van der Waals surface area (Å²) in [5, 5.41) is 17.3. The molecule has 8 nitrogen and oxygen atoms in total. The second-order valence-electron chi connectivity index (χ2n) is 7.70. The number of anilines is 2. The molecule has 0 atom stereocenters. The molecule has 2 N–H and O–H groups in total. The Labute approximate surface area is 205 Å². The van der Waals surface area contributed by atoms with Crippen molar-refractivity contribution in [1.82, 2.24) is 0 Å². The molecule has 0 bridgehead atoms. The number of rotatable bonds is 7. The zero-order valence-corrected chi connectivity index (χ0v) is 19.9. The summed E-state index contributed by atoms with van der Waals surface area (Å²) in [4.78, 5) is 37.9. The van der Waals surface area contributed by atoms with Gasteiger partial charge in [0.25, 0.3) is 17.5 Å². The summed E-state index contributed by atoms with van der Waals surface area (Å²) in [5.74, 6) is -0.235. The van der Waals surface area contributed by atoms with Crippen molar-refractivity contribution in [3.8, 4) is 5.75 Å². The zero-order valence-electron chi connectivity index (χ0n) is 18.4. The van der Waals surface area contributed by atoms with E-state index in [0.29, 0.717) is 28.6 Å². The maximum atomic E-state index is 13.3. The standard InChI is InChI=1S/C24H22ClN3O5S/c1-2-33-16-10-7-14(8-11-16)26-23(30)21-17-5-3-4-6-20(17)34-24(21)27-22(29)18-13-15(28(31)32)9-12-19(18)25/h7-13H,2-6H2,1H3,(H,26,30)(H,27,29). The van der Waals surface area contributed by atoms with E-state index in [1.54, 1.807) is 24.3 Å². The van der Waals surface area contributed by atoms with Crippen LogP contribution in [0.2, 0.25) is 5.02 Å². The minimum Gasteiger partial charge on any atom is -0.494 e. The van der Waals surface area contributed by atoms with E-state index in [2.05, 4.69) is 10.6 Å². The van der Waals surface area contributed by atoms with Crippen LogP contribution in [0.25, 0.3) is 0 Å². The van der Waals surface area contributed by atoms with Gasteiger partial charge in [0.15, 0.2) is 0 Å². The lowest BCUT2D eigenvalue weighted by atomic mass is 9.95. The molecule has 0 fully saturated rings. The number of carbonyl (C=O) groups is 2. The van der Waals surface area contributed by atoms with Crippen molar-refractivity contribution in [2.24, 2.45) is 0 Å². The normalized spacial score (nSPS) is 12.5. The number of ether oxygens (including phenoxy) is 1. The molecule has 1 aliphatic carbocycles. The van der Waals surface area contributed by atoms with Gasteiger partial charge in [0.05, 0.1) is 27.7 Å². The number of nitro benzene ring substituents is 1. The monoisotopic (exact) mass is 499 g/mol. The van der Waals surface area contributed by atoms with Gasteiger partial charge in [-0.3, -0.25) is 19.7 Å². The number of aryl methyl sites for hydroxylation is 1. The molecule has 3 aromatic rings. The Morgan fingerprint density at radius 1 is 1.09 bits per heavy atom. The Hall–Kier alpha value is -3.43. The highest BCUT2D eigenvalue weighted by Gasteiger charge is 2.27. The fourth-order valence-corrected chi connectivity index (χ4v) is 5.35. The smallest absolute Gasteiger partial charge is 0.270 e. The lowest BCUT2D eigenvalue weighted by Gasteiger charge is -2.14. The van der Waals surface area contributed by atoms with E-state index < -0.39 is 10.8 Å². The Kier molecular flexibility index (Phi) is 7.14. The van der Waals surface area contributed by atoms with Crippen molar-refractivity contribution in [2.75, 3.05) is 17.2 Å². The second kappa shape index (κ2) is 10.2. The molecule has 0 saturated heterocycles. The number of nitrogens with zero attached hydrogens (tertiary/aromatic N) is 1. The third kappa shape index (κ3) is 5.05. The number of hydrogen-bond donors (Lipinski definition) is 2. The number of benzene rings is 2. The van der Waals surface area contributed by atoms with Crippen molar-refractivity contribution >= 4 is 51.1 Å². The van der Waals surface area contributed by atoms with Gasteiger partial charge in [-0.2, -0.15) is 0 Å². The number of carbonyl (C=O) groups excluding carboxylic acids is 2. The van der Waals surface area contributed by atoms with Gasteiger partial charge in [0.2, 0.25) is 0 Å². The third-order valence-electron chi connectivity index (χ3n) is 5.45. The molecule has 0 saturated carbocycles. The molecular weight excluding hydrogens is 478 g/mol. The number of halogens is 1. The van der Waals surface area contributed by atoms with Crippen molar-refractivity contribution in [2.45, 2.75) is 32.6 Å². The summed E-state index contributed by atoms with van der Waals surface area (Å²) in [6.45, 7) is 2.44. The van der Waals surface area contributed by atoms with Crippen LogP contribution in [-0.2, 0) is 12.8 Å². The minimum atomic E-state index is -0.609. The number of nitro groups is 1. The van der Waals surface area contributed by atoms with E-state index in [1.807, 2.05) is 6.92 Å². The van der Waals surface area contributed by atoms with Gasteiger partial charge in [-0.25, -0.2) is 0 Å². The number of fused-ring (bicyclic) bond motifs is 1. The van der Waals surface area contributed by atoms with Crippen LogP contribution in [0.3, 0.4) is 0 Å². The first-order chi connectivity index (χ1) is 16.4. The molecule has 2 amide bonds. The van der Waals surface area contributed by atoms with Gasteiger partial charge < -0.3 is 15.4 Å². The molecule has 0 spiro atoms. The molecule has 0 aliphatic heterocycles. The second-order valence-corrected chi connectivity index (χ2v) is 9.21. The van der Waals surface area contributed by atoms with Gasteiger partial charge in [-0.1, -0.05) is 11.6 Å². The highest BCUT2D eigenvalue weighted by atomic mass is 35.5. The fourth-order valence-electron chi connectivity index (χ4n) is 3.86. The summed E-state index contributed by atoms with van der Waals surface area (Å²) in [6.07, 6.45) is 3.54. The summed E-state index contributed by atoms with van der Waals surface area (Å²) >= 11 is 7.50. The van der Waals surface area contributed by atoms with E-state index in [4.69, 9.17) is 16.3 Å². The highest BCUT2D eigenvalue weighted by molar-refractivity contribution is 7.17. The number of non-ortho nitro benzene ring substituents is 1. The number of thiophene rings is 1. The summed E-state index contributed by atoms with van der Waals surface area (Å²) in [7, 11) is 0. The van der Waals surface area contributed by atoms with E-state index in [0.717, 1.165) is 42.2 Å². The van der Waals surface area contributed by atoms with E-state index >= 15 is 0 Å². The number of amides is 2. The largest absolute Gasteiger partial charge is 0.494 e. The third-order valence-corrected chi connectivity index (χ3v) is 6.99. The van der Waals surface area contributed by atoms with E-state index in [-0.39, 0.29) is 22.2 Å². The Bertz CT molecular complexity index is 1260. The Morgan fingerprint density at radius 2 is 1.82 bits per heavy atom. The lowest BCUT2D eigenvalue weighted by Crippen LogP contribution is -2.19. The van der Waals surface area contributed by atoms with Crippen LogP contribution < -0.4 is 15.4 Å². The first-order valence-electron chi connectivity index (χ1n) is 10.8. The SMILES string of the molecule is CCOc1ccc(NC(=O)c2c(NC(=O)c3cc([N+](=O)[O-])ccc3Cl)sc3c2CCCC3)cc1. The van der Waals surface area contributed by atoms with Crippen LogP contribution in [0.4, 0.5) is 16.4 Å². The molecule has 4 rings (SSSR count). The number of hydrogen-bond acceptors (Lipinski definition) is 6. The maximum Gasteiger partial charge on any atom is 0.270 e. The minimum absolute atomic E-state index is 0.0277. The summed E-state index contributed by atoms with van der Waals surface area (Å²) < 4.78 is 5.44. The van der Waals surface area contributed by atoms with Gasteiger partial charge in [0.1, 0.15) is 10.8 Å². The van der Waals surface area contributed by atoms with Crippen molar-refractivity contribution in [3.05, 3.63) is 79.2 Å². The summed E-state index contributed by atoms with van der Waals surface area (Å²) in [6, 6.07) is 10.7. The van der Waals surface area contributed by atoms with Gasteiger partial charge in [-0.15, -0.1) is 11.3 Å². The van der Waals surface area contributed by atoms with Crippen molar-refractivity contribution in [3.63, 3.8) is 0 Å². The van der Waals surface area contributed by atoms with Crippen LogP contribution in [0, 0.1) is 10.1 Å². The molecule has 176 valence electrons. The van der Waals surface area contributed by atoms with Gasteiger partial charge in [-0.05, 0) is 68.5 Å². The van der Waals surface area contributed by atoms with E-state index in [1.165, 1.54) is 23.5 Å². The van der Waals surface area contributed by atoms with Crippen molar-refractivity contribution in [1.29, 1.82) is 0 Å². The molecule has 2 aromatic carbocycles. The van der Waals surface area contributed by atoms with Crippen LogP contribution in [0.5, 0.6) is 5.75 Å². The molecule has 0 unspecified atom stereocenters. The predicted molar refractivity (Wildman–Crippen MR) is 133 cm³/mol.